The van der Waals surface area contributed by atoms with E-state index in [0.29, 0.717) is 18.7 Å². The molecule has 1 saturated heterocycles. The summed E-state index contributed by atoms with van der Waals surface area (Å²) >= 11 is 0. The number of esters is 1. The minimum atomic E-state index is -5.08. The molecular formula is C17H18F3N3O3. The van der Waals surface area contributed by atoms with Gasteiger partial charge in [-0.3, -0.25) is 0 Å². The number of alkyl halides is 3. The van der Waals surface area contributed by atoms with Crippen molar-refractivity contribution in [3.05, 3.63) is 35.9 Å². The molecule has 0 aliphatic carbocycles. The summed E-state index contributed by atoms with van der Waals surface area (Å²) < 4.78 is 51.6. The van der Waals surface area contributed by atoms with Gasteiger partial charge in [0.1, 0.15) is 0 Å². The first-order valence-corrected chi connectivity index (χ1v) is 8.20. The van der Waals surface area contributed by atoms with Crippen molar-refractivity contribution in [1.82, 2.24) is 4.90 Å². The molecule has 0 radical (unpaired) electrons. The number of methoxy groups -OCH3 is 1. The Morgan fingerprint density at radius 3 is 2.38 bits per heavy atom. The maximum Gasteiger partial charge on any atom is 0.446 e. The zero-order valence-corrected chi connectivity index (χ0v) is 14.1. The molecule has 2 aliphatic heterocycles. The van der Waals surface area contributed by atoms with Gasteiger partial charge in [-0.05, 0) is 31.4 Å². The Morgan fingerprint density at radius 1 is 1.15 bits per heavy atom. The van der Waals surface area contributed by atoms with Crippen molar-refractivity contribution in [3.63, 3.8) is 0 Å². The van der Waals surface area contributed by atoms with Gasteiger partial charge in [0.2, 0.25) is 5.90 Å². The smallest absolute Gasteiger partial charge is 0.446 e. The van der Waals surface area contributed by atoms with Gasteiger partial charge in [0.25, 0.3) is 6.02 Å². The Balaban J connectivity index is 2.12. The second kappa shape index (κ2) is 6.97. The van der Waals surface area contributed by atoms with Crippen molar-refractivity contribution in [2.45, 2.75) is 31.1 Å². The summed E-state index contributed by atoms with van der Waals surface area (Å²) in [5.74, 6) is -1.92. The first-order chi connectivity index (χ1) is 12.4. The zero-order chi connectivity index (χ0) is 18.8. The highest BCUT2D eigenvalue weighted by Gasteiger charge is 2.65. The summed E-state index contributed by atoms with van der Waals surface area (Å²) in [6.45, 7) is 0.992. The second-order valence-corrected chi connectivity index (χ2v) is 5.99. The van der Waals surface area contributed by atoms with Crippen molar-refractivity contribution < 1.29 is 27.4 Å². The van der Waals surface area contributed by atoms with E-state index in [0.717, 1.165) is 26.4 Å². The highest BCUT2D eigenvalue weighted by Crippen LogP contribution is 2.39. The average molecular weight is 369 g/mol. The molecule has 9 heteroatoms. The summed E-state index contributed by atoms with van der Waals surface area (Å²) in [5, 5.41) is 0. The first kappa shape index (κ1) is 18.2. The fourth-order valence-corrected chi connectivity index (χ4v) is 2.84. The number of aliphatic imine (C=N–C) groups is 2. The molecule has 1 atom stereocenters. The number of carbonyl (C=O) groups is 1. The zero-order valence-electron chi connectivity index (χ0n) is 14.1. The fraction of sp³-hybridized carbons (Fsp3) is 0.471. The van der Waals surface area contributed by atoms with E-state index in [1.54, 1.807) is 35.2 Å². The summed E-state index contributed by atoms with van der Waals surface area (Å²) in [4.78, 5) is 20.9. The molecule has 26 heavy (non-hydrogen) atoms. The number of hydrogen-bond acceptors (Lipinski definition) is 6. The highest BCUT2D eigenvalue weighted by molar-refractivity contribution is 6.05. The van der Waals surface area contributed by atoms with Crippen molar-refractivity contribution >= 4 is 17.9 Å². The first-order valence-electron chi connectivity index (χ1n) is 8.20. The molecule has 1 aromatic rings. The molecule has 1 unspecified atom stereocenters. The molecule has 3 rings (SSSR count). The molecule has 0 amide bonds. The Kier molecular flexibility index (Phi) is 4.88. The second-order valence-electron chi connectivity index (χ2n) is 5.99. The normalized spacial score (nSPS) is 23.6. The molecule has 140 valence electrons. The Hall–Kier alpha value is -2.58. The van der Waals surface area contributed by atoms with E-state index in [1.807, 2.05) is 0 Å². The van der Waals surface area contributed by atoms with Gasteiger partial charge in [-0.25, -0.2) is 4.79 Å². The number of piperidine rings is 1. The van der Waals surface area contributed by atoms with Gasteiger partial charge in [-0.1, -0.05) is 18.2 Å². The number of hydrogen-bond donors (Lipinski definition) is 0. The Bertz CT molecular complexity index is 728. The lowest BCUT2D eigenvalue weighted by molar-refractivity contribution is -0.202. The molecule has 0 saturated carbocycles. The summed E-state index contributed by atoms with van der Waals surface area (Å²) in [6.07, 6.45) is -2.50. The standard InChI is InChI=1S/C17H18F3N3O3/c1-25-14(24)16(17(18,19)20)21-13(12-8-4-2-5-9-12)26-15(22-16)23-10-6-3-7-11-23/h2,4-5,8-9H,3,6-7,10-11H2,1H3. The number of ether oxygens (including phenoxy) is 2. The molecular weight excluding hydrogens is 351 g/mol. The molecule has 0 spiro atoms. The van der Waals surface area contributed by atoms with Gasteiger partial charge in [0.05, 0.1) is 7.11 Å². The van der Waals surface area contributed by atoms with Crippen LogP contribution in [0.2, 0.25) is 0 Å². The van der Waals surface area contributed by atoms with E-state index >= 15 is 0 Å². The van der Waals surface area contributed by atoms with Gasteiger partial charge in [0.15, 0.2) is 0 Å². The van der Waals surface area contributed by atoms with Crippen LogP contribution in [0.5, 0.6) is 0 Å². The van der Waals surface area contributed by atoms with Gasteiger partial charge in [-0.2, -0.15) is 23.2 Å². The predicted octanol–water partition coefficient (Wildman–Crippen LogP) is 2.74. The van der Waals surface area contributed by atoms with Crippen molar-refractivity contribution in [1.29, 1.82) is 0 Å². The minimum Gasteiger partial charge on any atom is -0.465 e. The lowest BCUT2D eigenvalue weighted by Gasteiger charge is -2.35. The molecule has 2 heterocycles. The molecule has 0 N–H and O–H groups in total. The van der Waals surface area contributed by atoms with Crippen molar-refractivity contribution in [3.8, 4) is 0 Å². The number of nitrogens with zero attached hydrogens (tertiary/aromatic N) is 3. The lowest BCUT2D eigenvalue weighted by atomic mass is 10.1. The van der Waals surface area contributed by atoms with E-state index in [2.05, 4.69) is 14.7 Å². The van der Waals surface area contributed by atoms with Crippen LogP contribution < -0.4 is 0 Å². The number of likely N-dealkylation sites (tertiary alicyclic amines) is 1. The van der Waals surface area contributed by atoms with E-state index in [9.17, 15) is 18.0 Å². The van der Waals surface area contributed by atoms with Crippen LogP contribution in [0.15, 0.2) is 40.3 Å². The number of benzene rings is 1. The van der Waals surface area contributed by atoms with E-state index in [4.69, 9.17) is 4.74 Å². The molecule has 0 aromatic heterocycles. The van der Waals surface area contributed by atoms with Gasteiger partial charge >= 0.3 is 17.8 Å². The summed E-state index contributed by atoms with van der Waals surface area (Å²) in [7, 11) is 0.874. The van der Waals surface area contributed by atoms with Crippen LogP contribution in [0.4, 0.5) is 13.2 Å². The number of halogens is 3. The van der Waals surface area contributed by atoms with E-state index in [-0.39, 0.29) is 11.9 Å². The van der Waals surface area contributed by atoms with Crippen molar-refractivity contribution in [2.24, 2.45) is 9.98 Å². The topological polar surface area (TPSA) is 63.5 Å². The average Bonchev–Trinajstić information content (AvgIpc) is 2.67. The van der Waals surface area contributed by atoms with Crippen LogP contribution in [0.3, 0.4) is 0 Å². The molecule has 2 aliphatic rings. The molecule has 1 fully saturated rings. The Morgan fingerprint density at radius 2 is 1.81 bits per heavy atom. The lowest BCUT2D eigenvalue weighted by Crippen LogP contribution is -2.55. The maximum atomic E-state index is 13.9. The van der Waals surface area contributed by atoms with Crippen molar-refractivity contribution in [2.75, 3.05) is 20.2 Å². The largest absolute Gasteiger partial charge is 0.465 e. The summed E-state index contributed by atoms with van der Waals surface area (Å²) in [6, 6.07) is 7.83. The van der Waals surface area contributed by atoms with Gasteiger partial charge < -0.3 is 14.4 Å². The van der Waals surface area contributed by atoms with Crippen LogP contribution in [-0.4, -0.2) is 54.8 Å². The monoisotopic (exact) mass is 369 g/mol. The van der Waals surface area contributed by atoms with Gasteiger partial charge in [0, 0.05) is 18.7 Å². The van der Waals surface area contributed by atoms with Crippen LogP contribution in [-0.2, 0) is 14.3 Å². The number of carbonyl (C=O) groups excluding carboxylic acids is 1. The predicted molar refractivity (Wildman–Crippen MR) is 87.7 cm³/mol. The number of amidine groups is 1. The molecule has 6 nitrogen and oxygen atoms in total. The SMILES string of the molecule is COC(=O)C1(C(F)(F)F)N=C(c2ccccc2)OC(N2CCCCC2)=N1. The van der Waals surface area contributed by atoms with Crippen LogP contribution in [0.1, 0.15) is 24.8 Å². The Labute approximate surface area is 148 Å². The van der Waals surface area contributed by atoms with Crippen LogP contribution >= 0.6 is 0 Å². The molecule has 0 bridgehead atoms. The number of rotatable bonds is 2. The van der Waals surface area contributed by atoms with Gasteiger partial charge in [-0.15, -0.1) is 0 Å². The van der Waals surface area contributed by atoms with Crippen LogP contribution in [0, 0.1) is 0 Å². The van der Waals surface area contributed by atoms with E-state index in [1.165, 1.54) is 0 Å². The minimum absolute atomic E-state index is 0.263. The fourth-order valence-electron chi connectivity index (χ4n) is 2.84. The highest BCUT2D eigenvalue weighted by atomic mass is 19.4. The van der Waals surface area contributed by atoms with E-state index < -0.39 is 17.8 Å². The maximum absolute atomic E-state index is 13.9. The molecule has 1 aromatic carbocycles. The third-order valence-corrected chi connectivity index (χ3v) is 4.22. The quantitative estimate of drug-likeness (QED) is 0.752. The third kappa shape index (κ3) is 3.25. The summed E-state index contributed by atoms with van der Waals surface area (Å²) in [5.41, 5.74) is -3.06. The third-order valence-electron chi connectivity index (χ3n) is 4.22. The van der Waals surface area contributed by atoms with Crippen LogP contribution in [0.25, 0.3) is 0 Å².